The van der Waals surface area contributed by atoms with E-state index in [9.17, 15) is 0 Å². The Morgan fingerprint density at radius 1 is 0.735 bits per heavy atom. The van der Waals surface area contributed by atoms with Gasteiger partial charge in [0.1, 0.15) is 5.69 Å². The number of nitrogens with zero attached hydrogens (tertiary/aromatic N) is 4. The largest absolute Gasteiger partial charge is 0.312 e. The van der Waals surface area contributed by atoms with Gasteiger partial charge in [0.15, 0.2) is 0 Å². The second-order valence-electron chi connectivity index (χ2n) is 8.31. The van der Waals surface area contributed by atoms with Gasteiger partial charge in [0.05, 0.1) is 12.7 Å². The van der Waals surface area contributed by atoms with E-state index in [1.165, 1.54) is 27.8 Å². The van der Waals surface area contributed by atoms with Gasteiger partial charge < -0.3 is 5.32 Å². The fourth-order valence-corrected chi connectivity index (χ4v) is 4.05. The number of nitrogens with one attached hydrogen (secondary N) is 1. The van der Waals surface area contributed by atoms with Gasteiger partial charge in [0.25, 0.3) is 0 Å². The molecular weight excluding hydrogens is 418 g/mol. The first-order valence-electron chi connectivity index (χ1n) is 11.6. The predicted octanol–water partition coefficient (Wildman–Crippen LogP) is 5.39. The summed E-state index contributed by atoms with van der Waals surface area (Å²) in [5.74, 6) is 0. The molecule has 0 saturated heterocycles. The average molecular weight is 446 g/mol. The quantitative estimate of drug-likeness (QED) is 0.309. The highest BCUT2D eigenvalue weighted by Crippen LogP contribution is 2.23. The molecule has 0 fully saturated rings. The number of aromatic nitrogens is 4. The molecule has 0 aliphatic heterocycles. The van der Waals surface area contributed by atoms with E-state index in [0.717, 1.165) is 30.8 Å². The highest BCUT2D eigenvalue weighted by atomic mass is 15.4. The third-order valence-electron chi connectivity index (χ3n) is 5.87. The van der Waals surface area contributed by atoms with Crippen LogP contribution in [0, 0.1) is 0 Å². The van der Waals surface area contributed by atoms with E-state index >= 15 is 0 Å². The van der Waals surface area contributed by atoms with Crippen LogP contribution in [-0.2, 0) is 19.5 Å². The van der Waals surface area contributed by atoms with Gasteiger partial charge in [-0.15, -0.1) is 5.10 Å². The van der Waals surface area contributed by atoms with Gasteiger partial charge in [-0.3, -0.25) is 4.98 Å². The third kappa shape index (κ3) is 5.45. The SMILES string of the molecule is c1ccc(-c2ccccc2CNCCc2ccc(Cn3cc(-c4cccnc4)nn3)cc2)cc1. The average Bonchev–Trinajstić information content (AvgIpc) is 3.37. The number of hydrogen-bond acceptors (Lipinski definition) is 4. The van der Waals surface area contributed by atoms with Crippen LogP contribution in [0.15, 0.2) is 110 Å². The molecule has 0 aliphatic carbocycles. The van der Waals surface area contributed by atoms with Crippen LogP contribution in [0.4, 0.5) is 0 Å². The molecule has 0 bridgehead atoms. The number of benzene rings is 3. The molecule has 3 aromatic carbocycles. The molecule has 0 radical (unpaired) electrons. The molecule has 0 amide bonds. The maximum absolute atomic E-state index is 4.27. The topological polar surface area (TPSA) is 55.6 Å². The van der Waals surface area contributed by atoms with Crippen LogP contribution in [0.3, 0.4) is 0 Å². The second kappa shape index (κ2) is 10.7. The molecule has 5 heteroatoms. The van der Waals surface area contributed by atoms with Crippen molar-refractivity contribution in [3.63, 3.8) is 0 Å². The van der Waals surface area contributed by atoms with Crippen LogP contribution in [0.5, 0.6) is 0 Å². The van der Waals surface area contributed by atoms with E-state index < -0.39 is 0 Å². The van der Waals surface area contributed by atoms with Crippen molar-refractivity contribution in [1.82, 2.24) is 25.3 Å². The molecule has 0 saturated carbocycles. The predicted molar refractivity (Wildman–Crippen MR) is 136 cm³/mol. The van der Waals surface area contributed by atoms with E-state index in [0.29, 0.717) is 6.54 Å². The lowest BCUT2D eigenvalue weighted by Crippen LogP contribution is -2.17. The number of rotatable bonds is 9. The van der Waals surface area contributed by atoms with Crippen LogP contribution >= 0.6 is 0 Å². The van der Waals surface area contributed by atoms with Gasteiger partial charge in [-0.25, -0.2) is 4.68 Å². The van der Waals surface area contributed by atoms with Gasteiger partial charge in [0, 0.05) is 24.5 Å². The first-order valence-corrected chi connectivity index (χ1v) is 11.6. The summed E-state index contributed by atoms with van der Waals surface area (Å²) in [4.78, 5) is 4.15. The normalized spacial score (nSPS) is 10.9. The fraction of sp³-hybridized carbons (Fsp3) is 0.138. The Balaban J connectivity index is 1.13. The molecule has 0 atom stereocenters. The molecule has 5 nitrogen and oxygen atoms in total. The summed E-state index contributed by atoms with van der Waals surface area (Å²) in [6.07, 6.45) is 6.51. The minimum Gasteiger partial charge on any atom is -0.312 e. The van der Waals surface area contributed by atoms with Crippen molar-refractivity contribution in [2.24, 2.45) is 0 Å². The van der Waals surface area contributed by atoms with Crippen LogP contribution in [0.25, 0.3) is 22.4 Å². The van der Waals surface area contributed by atoms with Crippen molar-refractivity contribution in [2.75, 3.05) is 6.54 Å². The maximum Gasteiger partial charge on any atom is 0.114 e. The summed E-state index contributed by atoms with van der Waals surface area (Å²) < 4.78 is 1.86. The van der Waals surface area contributed by atoms with E-state index in [-0.39, 0.29) is 0 Å². The Hall–Kier alpha value is -4.09. The zero-order valence-corrected chi connectivity index (χ0v) is 19.0. The molecule has 34 heavy (non-hydrogen) atoms. The summed E-state index contributed by atoms with van der Waals surface area (Å²) in [6, 6.07) is 31.8. The summed E-state index contributed by atoms with van der Waals surface area (Å²) in [6.45, 7) is 2.48. The smallest absolute Gasteiger partial charge is 0.114 e. The van der Waals surface area contributed by atoms with Gasteiger partial charge >= 0.3 is 0 Å². The van der Waals surface area contributed by atoms with Crippen molar-refractivity contribution in [3.8, 4) is 22.4 Å². The molecule has 168 valence electrons. The standard InChI is InChI=1S/C29H27N5/c1-2-7-25(8-3-1)28-11-5-4-9-26(28)19-31-18-16-23-12-14-24(15-13-23)21-34-22-29(32-33-34)27-10-6-17-30-20-27/h1-15,17,20,22,31H,16,18-19,21H2. The molecule has 1 N–H and O–H groups in total. The van der Waals surface area contributed by atoms with Gasteiger partial charge in [-0.2, -0.15) is 0 Å². The van der Waals surface area contributed by atoms with E-state index in [1.807, 2.05) is 23.0 Å². The third-order valence-corrected chi connectivity index (χ3v) is 5.87. The van der Waals surface area contributed by atoms with E-state index in [2.05, 4.69) is 99.5 Å². The maximum atomic E-state index is 4.27. The molecule has 5 rings (SSSR count). The van der Waals surface area contributed by atoms with Crippen molar-refractivity contribution in [1.29, 1.82) is 0 Å². The van der Waals surface area contributed by atoms with E-state index in [1.54, 1.807) is 12.4 Å². The summed E-state index contributed by atoms with van der Waals surface area (Å²) in [5, 5.41) is 12.1. The molecule has 0 spiro atoms. The summed E-state index contributed by atoms with van der Waals surface area (Å²) in [5.41, 5.74) is 8.21. The van der Waals surface area contributed by atoms with Crippen LogP contribution in [-0.4, -0.2) is 26.5 Å². The molecule has 5 aromatic rings. The van der Waals surface area contributed by atoms with Crippen LogP contribution in [0.1, 0.15) is 16.7 Å². The molecule has 2 heterocycles. The lowest BCUT2D eigenvalue weighted by atomic mass is 10.00. The monoisotopic (exact) mass is 445 g/mol. The zero-order valence-electron chi connectivity index (χ0n) is 19.0. The van der Waals surface area contributed by atoms with Crippen molar-refractivity contribution < 1.29 is 0 Å². The fourth-order valence-electron chi connectivity index (χ4n) is 4.05. The van der Waals surface area contributed by atoms with Gasteiger partial charge in [-0.1, -0.05) is 84.1 Å². The highest BCUT2D eigenvalue weighted by Gasteiger charge is 2.06. The molecular formula is C29H27N5. The zero-order chi connectivity index (χ0) is 23.0. The van der Waals surface area contributed by atoms with Gasteiger partial charge in [-0.05, 0) is 52.9 Å². The Kier molecular flexibility index (Phi) is 6.83. The first kappa shape index (κ1) is 21.7. The molecule has 0 aliphatic rings. The van der Waals surface area contributed by atoms with E-state index in [4.69, 9.17) is 0 Å². The molecule has 0 unspecified atom stereocenters. The first-order chi connectivity index (χ1) is 16.8. The second-order valence-corrected chi connectivity index (χ2v) is 8.31. The minimum absolute atomic E-state index is 0.696. The van der Waals surface area contributed by atoms with Crippen molar-refractivity contribution in [2.45, 2.75) is 19.5 Å². The minimum atomic E-state index is 0.696. The lowest BCUT2D eigenvalue weighted by Gasteiger charge is -2.11. The Morgan fingerprint density at radius 2 is 1.50 bits per heavy atom. The Bertz CT molecular complexity index is 1310. The number of hydrogen-bond donors (Lipinski definition) is 1. The lowest BCUT2D eigenvalue weighted by molar-refractivity contribution is 0.649. The number of pyridine rings is 1. The van der Waals surface area contributed by atoms with Crippen LogP contribution < -0.4 is 5.32 Å². The molecule has 2 aromatic heterocycles. The Morgan fingerprint density at radius 3 is 2.32 bits per heavy atom. The van der Waals surface area contributed by atoms with Gasteiger partial charge in [0.2, 0.25) is 0 Å². The summed E-state index contributed by atoms with van der Waals surface area (Å²) >= 11 is 0. The highest BCUT2D eigenvalue weighted by molar-refractivity contribution is 5.67. The Labute approximate surface area is 200 Å². The van der Waals surface area contributed by atoms with Crippen LogP contribution in [0.2, 0.25) is 0 Å². The van der Waals surface area contributed by atoms with Crippen molar-refractivity contribution >= 4 is 0 Å². The summed E-state index contributed by atoms with van der Waals surface area (Å²) in [7, 11) is 0. The van der Waals surface area contributed by atoms with Crippen molar-refractivity contribution in [3.05, 3.63) is 126 Å².